The van der Waals surface area contributed by atoms with Crippen LogP contribution in [0.2, 0.25) is 0 Å². The molecule has 3 amide bonds. The number of nitrogens with zero attached hydrogens (tertiary/aromatic N) is 4. The fraction of sp³-hybridized carbons (Fsp3) is 0.333. The van der Waals surface area contributed by atoms with E-state index in [9.17, 15) is 9.59 Å². The minimum Gasteiger partial charge on any atom is -0.383 e. The molecule has 1 atom stereocenters. The molecule has 1 aliphatic heterocycles. The van der Waals surface area contributed by atoms with Crippen LogP contribution in [0.4, 0.5) is 4.79 Å². The van der Waals surface area contributed by atoms with Gasteiger partial charge in [0.15, 0.2) is 0 Å². The highest BCUT2D eigenvalue weighted by atomic mass is 32.1. The van der Waals surface area contributed by atoms with Crippen LogP contribution in [0.1, 0.15) is 10.6 Å². The lowest BCUT2D eigenvalue weighted by Crippen LogP contribution is -2.32. The lowest BCUT2D eigenvalue weighted by molar-refractivity contribution is -0.127. The minimum atomic E-state index is -0.612. The predicted octanol–water partition coefficient (Wildman–Crippen LogP) is 1.80. The van der Waals surface area contributed by atoms with Gasteiger partial charge in [-0.25, -0.2) is 9.48 Å². The number of methoxy groups -OCH3 is 1. The Morgan fingerprint density at radius 1 is 1.30 bits per heavy atom. The summed E-state index contributed by atoms with van der Waals surface area (Å²) in [4.78, 5) is 27.2. The van der Waals surface area contributed by atoms with E-state index in [1.807, 2.05) is 30.3 Å². The van der Waals surface area contributed by atoms with Crippen molar-refractivity contribution < 1.29 is 14.3 Å². The van der Waals surface area contributed by atoms with Crippen LogP contribution in [0.3, 0.4) is 0 Å². The van der Waals surface area contributed by atoms with Crippen LogP contribution in [0.25, 0.3) is 10.1 Å². The maximum Gasteiger partial charge on any atom is 0.325 e. The van der Waals surface area contributed by atoms with E-state index in [-0.39, 0.29) is 18.5 Å². The van der Waals surface area contributed by atoms with E-state index in [2.05, 4.69) is 15.6 Å². The summed E-state index contributed by atoms with van der Waals surface area (Å²) >= 11 is 1.59. The summed E-state index contributed by atoms with van der Waals surface area (Å²) in [6, 6.07) is 9.06. The molecule has 2 aromatic heterocycles. The molecule has 1 saturated heterocycles. The number of carbonyl (C=O) groups excluding carboxylic acids is 2. The van der Waals surface area contributed by atoms with Gasteiger partial charge in [-0.1, -0.05) is 23.4 Å². The number of thiophene rings is 1. The Balaban J connectivity index is 1.43. The van der Waals surface area contributed by atoms with Crippen molar-refractivity contribution in [2.75, 3.05) is 13.7 Å². The number of carbonyl (C=O) groups is 2. The maximum atomic E-state index is 12.7. The number of nitrogens with one attached hydrogen (secondary N) is 1. The van der Waals surface area contributed by atoms with Crippen molar-refractivity contribution in [3.05, 3.63) is 47.1 Å². The maximum absolute atomic E-state index is 12.7. The number of hydrogen-bond acceptors (Lipinski definition) is 6. The molecule has 1 N–H and O–H groups in total. The molecule has 140 valence electrons. The highest BCUT2D eigenvalue weighted by molar-refractivity contribution is 7.19. The first-order valence-electron chi connectivity index (χ1n) is 8.61. The molecule has 0 saturated carbocycles. The number of aromatic nitrogens is 3. The van der Waals surface area contributed by atoms with E-state index >= 15 is 0 Å². The molecule has 9 heteroatoms. The third-order valence-electron chi connectivity index (χ3n) is 4.42. The Morgan fingerprint density at radius 2 is 2.15 bits per heavy atom. The number of benzene rings is 1. The molecule has 0 radical (unpaired) electrons. The summed E-state index contributed by atoms with van der Waals surface area (Å²) in [6.07, 6.45) is 2.09. The fourth-order valence-electron chi connectivity index (χ4n) is 3.07. The van der Waals surface area contributed by atoms with Crippen LogP contribution in [0, 0.1) is 0 Å². The van der Waals surface area contributed by atoms with Gasteiger partial charge in [0.05, 0.1) is 25.4 Å². The van der Waals surface area contributed by atoms with Crippen molar-refractivity contribution in [1.82, 2.24) is 25.2 Å². The van der Waals surface area contributed by atoms with E-state index in [4.69, 9.17) is 4.74 Å². The second kappa shape index (κ2) is 7.45. The van der Waals surface area contributed by atoms with Crippen LogP contribution < -0.4 is 5.32 Å². The number of imide groups is 1. The van der Waals surface area contributed by atoms with E-state index in [0.29, 0.717) is 25.3 Å². The quantitative estimate of drug-likeness (QED) is 0.627. The Labute approximate surface area is 159 Å². The third-order valence-corrected chi connectivity index (χ3v) is 5.52. The molecular weight excluding hydrogens is 366 g/mol. The summed E-state index contributed by atoms with van der Waals surface area (Å²) in [5.74, 6) is -0.233. The van der Waals surface area contributed by atoms with E-state index in [1.54, 1.807) is 29.3 Å². The van der Waals surface area contributed by atoms with Gasteiger partial charge in [-0.05, 0) is 17.5 Å². The van der Waals surface area contributed by atoms with Crippen molar-refractivity contribution in [2.24, 2.45) is 0 Å². The predicted molar refractivity (Wildman–Crippen MR) is 100 cm³/mol. The monoisotopic (exact) mass is 385 g/mol. The highest BCUT2D eigenvalue weighted by Crippen LogP contribution is 2.27. The summed E-state index contributed by atoms with van der Waals surface area (Å²) in [5.41, 5.74) is 0.661. The average molecular weight is 385 g/mol. The lowest BCUT2D eigenvalue weighted by Gasteiger charge is -2.11. The van der Waals surface area contributed by atoms with Crippen LogP contribution in [-0.4, -0.2) is 51.6 Å². The van der Waals surface area contributed by atoms with Gasteiger partial charge in [-0.2, -0.15) is 0 Å². The molecule has 1 unspecified atom stereocenters. The average Bonchev–Trinajstić information content (AvgIpc) is 3.34. The van der Waals surface area contributed by atoms with Crippen LogP contribution >= 0.6 is 11.3 Å². The number of rotatable bonds is 7. The molecule has 3 aromatic rings. The lowest BCUT2D eigenvalue weighted by atomic mass is 10.1. The zero-order valence-corrected chi connectivity index (χ0v) is 15.6. The smallest absolute Gasteiger partial charge is 0.325 e. The van der Waals surface area contributed by atoms with Crippen LogP contribution in [0.5, 0.6) is 0 Å². The Hall–Kier alpha value is -2.78. The molecule has 27 heavy (non-hydrogen) atoms. The second-order valence-corrected chi connectivity index (χ2v) is 7.52. The largest absolute Gasteiger partial charge is 0.383 e. The molecule has 0 bridgehead atoms. The summed E-state index contributed by atoms with van der Waals surface area (Å²) < 4.78 is 7.81. The first-order valence-corrected chi connectivity index (χ1v) is 9.43. The number of fused-ring (bicyclic) bond motifs is 1. The number of hydrogen-bond donors (Lipinski definition) is 1. The van der Waals surface area contributed by atoms with Crippen molar-refractivity contribution in [3.8, 4) is 0 Å². The second-order valence-electron chi connectivity index (χ2n) is 6.35. The topological polar surface area (TPSA) is 89.4 Å². The van der Waals surface area contributed by atoms with Crippen molar-refractivity contribution >= 4 is 33.4 Å². The standard InChI is InChI=1S/C18H19N5O3S/c1-26-7-6-22-10-13(20-21-22)9-15-17(24)23(18(25)19-15)11-14-8-12-4-2-3-5-16(12)27-14/h2-5,8,10,15H,6-7,9,11H2,1H3,(H,19,25). The molecule has 1 aromatic carbocycles. The number of urea groups is 1. The van der Waals surface area contributed by atoms with E-state index in [1.165, 1.54) is 4.90 Å². The van der Waals surface area contributed by atoms with Gasteiger partial charge in [0.25, 0.3) is 5.91 Å². The first-order chi connectivity index (χ1) is 13.1. The molecular formula is C18H19N5O3S. The van der Waals surface area contributed by atoms with Gasteiger partial charge >= 0.3 is 6.03 Å². The zero-order chi connectivity index (χ0) is 18.8. The number of amides is 3. The number of ether oxygens (including phenoxy) is 1. The molecule has 0 aliphatic carbocycles. The summed E-state index contributed by atoms with van der Waals surface area (Å²) in [5, 5.41) is 11.9. The van der Waals surface area contributed by atoms with E-state index in [0.717, 1.165) is 15.0 Å². The normalized spacial score (nSPS) is 17.1. The molecule has 4 rings (SSSR count). The summed E-state index contributed by atoms with van der Waals surface area (Å²) in [6.45, 7) is 1.40. The summed E-state index contributed by atoms with van der Waals surface area (Å²) in [7, 11) is 1.62. The van der Waals surface area contributed by atoms with Gasteiger partial charge < -0.3 is 10.1 Å². The van der Waals surface area contributed by atoms with Crippen molar-refractivity contribution in [3.63, 3.8) is 0 Å². The van der Waals surface area contributed by atoms with Crippen molar-refractivity contribution in [2.45, 2.75) is 25.6 Å². The Morgan fingerprint density at radius 3 is 2.96 bits per heavy atom. The molecule has 8 nitrogen and oxygen atoms in total. The molecule has 1 aliphatic rings. The third kappa shape index (κ3) is 3.69. The minimum absolute atomic E-state index is 0.233. The fourth-order valence-corrected chi connectivity index (χ4v) is 4.12. The molecule has 0 spiro atoms. The van der Waals surface area contributed by atoms with Crippen LogP contribution in [-0.2, 0) is 29.0 Å². The Bertz CT molecular complexity index is 949. The van der Waals surface area contributed by atoms with Gasteiger partial charge in [-0.15, -0.1) is 16.4 Å². The van der Waals surface area contributed by atoms with Gasteiger partial charge in [-0.3, -0.25) is 9.69 Å². The highest BCUT2D eigenvalue weighted by Gasteiger charge is 2.38. The van der Waals surface area contributed by atoms with Gasteiger partial charge in [0.1, 0.15) is 6.04 Å². The first kappa shape index (κ1) is 17.6. The van der Waals surface area contributed by atoms with Gasteiger partial charge in [0, 0.05) is 29.3 Å². The van der Waals surface area contributed by atoms with Crippen molar-refractivity contribution in [1.29, 1.82) is 0 Å². The van der Waals surface area contributed by atoms with E-state index < -0.39 is 6.04 Å². The Kier molecular flexibility index (Phi) is 4.87. The van der Waals surface area contributed by atoms with Gasteiger partial charge in [0.2, 0.25) is 0 Å². The SMILES string of the molecule is COCCn1cc(CC2NC(=O)N(Cc3cc4ccccc4s3)C2=O)nn1. The molecule has 3 heterocycles. The zero-order valence-electron chi connectivity index (χ0n) is 14.8. The molecule has 1 fully saturated rings. The van der Waals surface area contributed by atoms with Crippen LogP contribution in [0.15, 0.2) is 36.5 Å².